The third-order valence-electron chi connectivity index (χ3n) is 3.13. The lowest BCUT2D eigenvalue weighted by Crippen LogP contribution is -2.45. The van der Waals surface area contributed by atoms with Crippen LogP contribution in [-0.4, -0.2) is 25.3 Å². The Balaban J connectivity index is 1.81. The van der Waals surface area contributed by atoms with Gasteiger partial charge in [0.05, 0.1) is 6.10 Å². The van der Waals surface area contributed by atoms with Crippen LogP contribution in [0.3, 0.4) is 0 Å². The molecule has 1 N–H and O–H groups in total. The summed E-state index contributed by atoms with van der Waals surface area (Å²) >= 11 is 0. The second-order valence-corrected chi connectivity index (χ2v) is 4.68. The van der Waals surface area contributed by atoms with Crippen LogP contribution in [0.5, 0.6) is 0 Å². The van der Waals surface area contributed by atoms with Crippen LogP contribution in [0, 0.1) is 0 Å². The first kappa shape index (κ1) is 13.0. The Morgan fingerprint density at radius 3 is 2.53 bits per heavy atom. The largest absolute Gasteiger partial charge is 0.378 e. The number of hydrogen-bond acceptors (Lipinski definition) is 2. The second kappa shape index (κ2) is 8.12. The molecule has 1 saturated carbocycles. The smallest absolute Gasteiger partial charge is 0.0604 e. The Kier molecular flexibility index (Phi) is 7.03. The molecule has 0 amide bonds. The molecule has 15 heavy (non-hydrogen) atoms. The molecule has 2 nitrogen and oxygen atoms in total. The molecular weight excluding hydrogens is 186 g/mol. The van der Waals surface area contributed by atoms with Gasteiger partial charge in [-0.2, -0.15) is 0 Å². The first-order valence-corrected chi connectivity index (χ1v) is 6.71. The van der Waals surface area contributed by atoms with Crippen molar-refractivity contribution in [2.75, 3.05) is 13.2 Å². The number of hydrogen-bond donors (Lipinski definition) is 1. The first-order chi connectivity index (χ1) is 7.36. The van der Waals surface area contributed by atoms with Crippen molar-refractivity contribution in [2.24, 2.45) is 0 Å². The minimum absolute atomic E-state index is 0.556. The summed E-state index contributed by atoms with van der Waals surface area (Å²) in [6, 6.07) is 0.741. The average molecular weight is 213 g/mol. The molecule has 2 heteroatoms. The maximum absolute atomic E-state index is 5.79. The highest BCUT2D eigenvalue weighted by atomic mass is 16.5. The van der Waals surface area contributed by atoms with Crippen molar-refractivity contribution in [1.82, 2.24) is 5.32 Å². The fourth-order valence-corrected chi connectivity index (χ4v) is 2.00. The summed E-state index contributed by atoms with van der Waals surface area (Å²) < 4.78 is 5.79. The minimum Gasteiger partial charge on any atom is -0.378 e. The van der Waals surface area contributed by atoms with Gasteiger partial charge in [-0.25, -0.2) is 0 Å². The maximum Gasteiger partial charge on any atom is 0.0604 e. The van der Waals surface area contributed by atoms with E-state index < -0.39 is 0 Å². The van der Waals surface area contributed by atoms with Gasteiger partial charge in [-0.05, 0) is 32.2 Å². The number of unbranched alkanes of at least 4 members (excludes halogenated alkanes) is 3. The van der Waals surface area contributed by atoms with Crippen molar-refractivity contribution in [3.05, 3.63) is 0 Å². The average Bonchev–Trinajstić information content (AvgIpc) is 2.19. The van der Waals surface area contributed by atoms with E-state index in [1.54, 1.807) is 0 Å². The highest BCUT2D eigenvalue weighted by molar-refractivity contribution is 4.85. The molecule has 90 valence electrons. The molecular formula is C13H27NO. The van der Waals surface area contributed by atoms with Gasteiger partial charge in [-0.3, -0.25) is 0 Å². The van der Waals surface area contributed by atoms with Crippen molar-refractivity contribution < 1.29 is 4.74 Å². The quantitative estimate of drug-likeness (QED) is 0.594. The lowest BCUT2D eigenvalue weighted by molar-refractivity contribution is -0.0177. The van der Waals surface area contributed by atoms with Gasteiger partial charge in [0.25, 0.3) is 0 Å². The Morgan fingerprint density at radius 2 is 1.87 bits per heavy atom. The van der Waals surface area contributed by atoms with Crippen LogP contribution in [-0.2, 0) is 4.74 Å². The normalized spacial score (nSPS) is 25.2. The van der Waals surface area contributed by atoms with Crippen molar-refractivity contribution in [1.29, 1.82) is 0 Å². The van der Waals surface area contributed by atoms with E-state index in [-0.39, 0.29) is 0 Å². The first-order valence-electron chi connectivity index (χ1n) is 6.71. The van der Waals surface area contributed by atoms with Crippen LogP contribution in [0.4, 0.5) is 0 Å². The van der Waals surface area contributed by atoms with Gasteiger partial charge < -0.3 is 10.1 Å². The van der Waals surface area contributed by atoms with E-state index >= 15 is 0 Å². The fraction of sp³-hybridized carbons (Fsp3) is 1.00. The number of rotatable bonds is 9. The van der Waals surface area contributed by atoms with Crippen LogP contribution < -0.4 is 5.32 Å². The molecule has 0 aromatic rings. The van der Waals surface area contributed by atoms with Crippen molar-refractivity contribution in [3.63, 3.8) is 0 Å². The fourth-order valence-electron chi connectivity index (χ4n) is 2.00. The van der Waals surface area contributed by atoms with Gasteiger partial charge in [0.1, 0.15) is 0 Å². The minimum atomic E-state index is 0.556. The summed E-state index contributed by atoms with van der Waals surface area (Å²) in [7, 11) is 0. The summed E-state index contributed by atoms with van der Waals surface area (Å²) in [6.45, 7) is 6.60. The van der Waals surface area contributed by atoms with E-state index in [1.807, 2.05) is 0 Å². The van der Waals surface area contributed by atoms with Gasteiger partial charge in [0.15, 0.2) is 0 Å². The molecule has 0 unspecified atom stereocenters. The predicted molar refractivity (Wildman–Crippen MR) is 65.2 cm³/mol. The Labute approximate surface area is 94.8 Å². The zero-order chi connectivity index (χ0) is 10.9. The molecule has 0 aromatic carbocycles. The van der Waals surface area contributed by atoms with Gasteiger partial charge in [-0.1, -0.05) is 33.1 Å². The zero-order valence-electron chi connectivity index (χ0n) is 10.4. The van der Waals surface area contributed by atoms with Gasteiger partial charge in [-0.15, -0.1) is 0 Å². The summed E-state index contributed by atoms with van der Waals surface area (Å²) in [6.07, 6.45) is 9.50. The highest BCUT2D eigenvalue weighted by Crippen LogP contribution is 2.23. The molecule has 0 radical (unpaired) electrons. The zero-order valence-corrected chi connectivity index (χ0v) is 10.4. The van der Waals surface area contributed by atoms with Gasteiger partial charge >= 0.3 is 0 Å². The summed E-state index contributed by atoms with van der Waals surface area (Å²) in [5, 5.41) is 3.53. The molecule has 1 fully saturated rings. The van der Waals surface area contributed by atoms with E-state index in [9.17, 15) is 0 Å². The third-order valence-corrected chi connectivity index (χ3v) is 3.13. The van der Waals surface area contributed by atoms with Gasteiger partial charge in [0, 0.05) is 12.6 Å². The summed E-state index contributed by atoms with van der Waals surface area (Å²) in [5.41, 5.74) is 0. The SMILES string of the molecule is CCCCCCOC1CC(NCCC)C1. The Hall–Kier alpha value is -0.0800. The van der Waals surface area contributed by atoms with Crippen LogP contribution in [0.25, 0.3) is 0 Å². The number of ether oxygens (including phenoxy) is 1. The lowest BCUT2D eigenvalue weighted by atomic mass is 9.89. The lowest BCUT2D eigenvalue weighted by Gasteiger charge is -2.35. The molecule has 0 spiro atoms. The van der Waals surface area contributed by atoms with Crippen molar-refractivity contribution in [2.45, 2.75) is 70.9 Å². The van der Waals surface area contributed by atoms with E-state index in [0.29, 0.717) is 6.10 Å². The molecule has 1 rings (SSSR count). The monoisotopic (exact) mass is 213 g/mol. The number of nitrogens with one attached hydrogen (secondary N) is 1. The van der Waals surface area contributed by atoms with Crippen LogP contribution >= 0.6 is 0 Å². The molecule has 0 atom stereocenters. The van der Waals surface area contributed by atoms with E-state index in [0.717, 1.165) is 19.2 Å². The van der Waals surface area contributed by atoms with Crippen LogP contribution in [0.15, 0.2) is 0 Å². The van der Waals surface area contributed by atoms with Crippen molar-refractivity contribution in [3.8, 4) is 0 Å². The van der Waals surface area contributed by atoms with E-state index in [4.69, 9.17) is 4.74 Å². The van der Waals surface area contributed by atoms with Crippen LogP contribution in [0.2, 0.25) is 0 Å². The van der Waals surface area contributed by atoms with Gasteiger partial charge in [0.2, 0.25) is 0 Å². The highest BCUT2D eigenvalue weighted by Gasteiger charge is 2.28. The Bertz CT molecular complexity index is 143. The topological polar surface area (TPSA) is 21.3 Å². The van der Waals surface area contributed by atoms with E-state index in [2.05, 4.69) is 19.2 Å². The molecule has 1 aliphatic carbocycles. The molecule has 1 aliphatic rings. The molecule has 0 bridgehead atoms. The summed E-state index contributed by atoms with van der Waals surface area (Å²) in [4.78, 5) is 0. The second-order valence-electron chi connectivity index (χ2n) is 4.68. The Morgan fingerprint density at radius 1 is 1.07 bits per heavy atom. The third kappa shape index (κ3) is 5.53. The summed E-state index contributed by atoms with van der Waals surface area (Å²) in [5.74, 6) is 0. The predicted octanol–water partition coefficient (Wildman–Crippen LogP) is 3.11. The van der Waals surface area contributed by atoms with Crippen molar-refractivity contribution >= 4 is 0 Å². The molecule has 0 heterocycles. The maximum atomic E-state index is 5.79. The molecule has 0 saturated heterocycles. The van der Waals surface area contributed by atoms with Crippen LogP contribution in [0.1, 0.15) is 58.8 Å². The molecule has 0 aliphatic heterocycles. The van der Waals surface area contributed by atoms with E-state index in [1.165, 1.54) is 44.9 Å². The standard InChI is InChI=1S/C13H27NO/c1-3-5-6-7-9-15-13-10-12(11-13)14-8-4-2/h12-14H,3-11H2,1-2H3. The molecule has 0 aromatic heterocycles.